The van der Waals surface area contributed by atoms with Crippen molar-refractivity contribution in [3.8, 4) is 0 Å². The quantitative estimate of drug-likeness (QED) is 0.821. The van der Waals surface area contributed by atoms with Crippen LogP contribution in [0.4, 0.5) is 0 Å². The lowest BCUT2D eigenvalue weighted by molar-refractivity contribution is 0.276. The fourth-order valence-electron chi connectivity index (χ4n) is 2.71. The molecule has 1 aliphatic rings. The highest BCUT2D eigenvalue weighted by atomic mass is 16.3. The molecule has 0 saturated heterocycles. The van der Waals surface area contributed by atoms with Gasteiger partial charge in [-0.25, -0.2) is 0 Å². The summed E-state index contributed by atoms with van der Waals surface area (Å²) in [5.41, 5.74) is 3.87. The number of aliphatic hydroxyl groups excluding tert-OH is 1. The van der Waals surface area contributed by atoms with E-state index in [2.05, 4.69) is 39.9 Å². The highest BCUT2D eigenvalue weighted by Crippen LogP contribution is 2.21. The normalized spacial score (nSPS) is 14.7. The van der Waals surface area contributed by atoms with Crippen molar-refractivity contribution in [2.75, 3.05) is 6.61 Å². The summed E-state index contributed by atoms with van der Waals surface area (Å²) >= 11 is 0. The van der Waals surface area contributed by atoms with Gasteiger partial charge in [-0.15, -0.1) is 5.10 Å². The molecule has 20 heavy (non-hydrogen) atoms. The van der Waals surface area contributed by atoms with Crippen molar-refractivity contribution in [3.05, 3.63) is 47.3 Å². The molecule has 1 aliphatic carbocycles. The predicted octanol–water partition coefficient (Wildman–Crippen LogP) is 0.917. The topological polar surface area (TPSA) is 63.0 Å². The lowest BCUT2D eigenvalue weighted by atomic mass is 10.1. The molecule has 1 heterocycles. The number of nitrogens with one attached hydrogen (secondary N) is 1. The van der Waals surface area contributed by atoms with Crippen LogP contribution in [0.3, 0.4) is 0 Å². The van der Waals surface area contributed by atoms with E-state index in [1.807, 2.05) is 6.20 Å². The summed E-state index contributed by atoms with van der Waals surface area (Å²) in [5, 5.41) is 20.5. The van der Waals surface area contributed by atoms with Crippen molar-refractivity contribution in [2.24, 2.45) is 0 Å². The number of hydrogen-bond donors (Lipinski definition) is 2. The standard InChI is InChI=1S/C15H20N4O/c20-7-3-6-19-11-15(17-18-19)10-16-14-8-12-4-1-2-5-13(12)9-14/h1-2,4-5,11,14,16,20H,3,6-10H2. The lowest BCUT2D eigenvalue weighted by Crippen LogP contribution is -2.29. The first-order valence-corrected chi connectivity index (χ1v) is 7.15. The molecular weight excluding hydrogens is 252 g/mol. The zero-order valence-electron chi connectivity index (χ0n) is 11.5. The molecule has 0 radical (unpaired) electrons. The molecule has 0 atom stereocenters. The van der Waals surface area contributed by atoms with Gasteiger partial charge in [0.15, 0.2) is 0 Å². The summed E-state index contributed by atoms with van der Waals surface area (Å²) in [7, 11) is 0. The number of hydrogen-bond acceptors (Lipinski definition) is 4. The van der Waals surface area contributed by atoms with Crippen LogP contribution in [0.15, 0.2) is 30.5 Å². The number of aliphatic hydroxyl groups is 1. The summed E-state index contributed by atoms with van der Waals surface area (Å²) in [6.45, 7) is 1.66. The molecule has 5 heteroatoms. The van der Waals surface area contributed by atoms with Crippen molar-refractivity contribution >= 4 is 0 Å². The summed E-state index contributed by atoms with van der Waals surface area (Å²) in [4.78, 5) is 0. The molecule has 2 N–H and O–H groups in total. The number of aryl methyl sites for hydroxylation is 1. The minimum Gasteiger partial charge on any atom is -0.396 e. The summed E-state index contributed by atoms with van der Waals surface area (Å²) in [6.07, 6.45) is 4.85. The van der Waals surface area contributed by atoms with Crippen LogP contribution < -0.4 is 5.32 Å². The molecule has 0 aliphatic heterocycles. The van der Waals surface area contributed by atoms with Gasteiger partial charge in [-0.3, -0.25) is 4.68 Å². The van der Waals surface area contributed by atoms with Crippen molar-refractivity contribution < 1.29 is 5.11 Å². The summed E-state index contributed by atoms with van der Waals surface area (Å²) in [5.74, 6) is 0. The average molecular weight is 272 g/mol. The lowest BCUT2D eigenvalue weighted by Gasteiger charge is -2.09. The van der Waals surface area contributed by atoms with E-state index >= 15 is 0 Å². The number of rotatable bonds is 6. The molecule has 2 aromatic rings. The van der Waals surface area contributed by atoms with Crippen LogP contribution in [0.2, 0.25) is 0 Å². The number of aromatic nitrogens is 3. The van der Waals surface area contributed by atoms with E-state index in [-0.39, 0.29) is 6.61 Å². The maximum atomic E-state index is 8.79. The van der Waals surface area contributed by atoms with E-state index in [4.69, 9.17) is 5.11 Å². The van der Waals surface area contributed by atoms with Crippen molar-refractivity contribution in [1.29, 1.82) is 0 Å². The minimum absolute atomic E-state index is 0.188. The van der Waals surface area contributed by atoms with E-state index in [0.717, 1.165) is 31.6 Å². The number of nitrogens with zero attached hydrogens (tertiary/aromatic N) is 3. The molecule has 5 nitrogen and oxygen atoms in total. The van der Waals surface area contributed by atoms with Crippen LogP contribution in [0.1, 0.15) is 23.2 Å². The molecular formula is C15H20N4O. The molecule has 0 bridgehead atoms. The van der Waals surface area contributed by atoms with Crippen LogP contribution in [-0.4, -0.2) is 32.7 Å². The molecule has 106 valence electrons. The first-order chi connectivity index (χ1) is 9.85. The van der Waals surface area contributed by atoms with E-state index in [1.165, 1.54) is 11.1 Å². The molecule has 0 fully saturated rings. The SMILES string of the molecule is OCCCn1cc(CNC2Cc3ccccc3C2)nn1. The molecule has 0 amide bonds. The molecule has 0 unspecified atom stereocenters. The Bertz CT molecular complexity index is 542. The summed E-state index contributed by atoms with van der Waals surface area (Å²) < 4.78 is 1.79. The van der Waals surface area contributed by atoms with Crippen molar-refractivity contribution in [2.45, 2.75) is 38.4 Å². The van der Waals surface area contributed by atoms with Crippen LogP contribution in [-0.2, 0) is 25.9 Å². The van der Waals surface area contributed by atoms with Crippen molar-refractivity contribution in [1.82, 2.24) is 20.3 Å². The molecule has 0 saturated carbocycles. The van der Waals surface area contributed by atoms with E-state index in [1.54, 1.807) is 4.68 Å². The molecule has 1 aromatic carbocycles. The van der Waals surface area contributed by atoms with Gasteiger partial charge in [0.25, 0.3) is 0 Å². The Labute approximate surface area is 118 Å². The largest absolute Gasteiger partial charge is 0.396 e. The predicted molar refractivity (Wildman–Crippen MR) is 76.2 cm³/mol. The number of fused-ring (bicyclic) bond motifs is 1. The van der Waals surface area contributed by atoms with Gasteiger partial charge in [0.2, 0.25) is 0 Å². The molecule has 0 spiro atoms. The Hall–Kier alpha value is -1.72. The van der Waals surface area contributed by atoms with E-state index < -0.39 is 0 Å². The Kier molecular flexibility index (Phi) is 4.08. The average Bonchev–Trinajstić information content (AvgIpc) is 3.09. The smallest absolute Gasteiger partial charge is 0.0964 e. The van der Waals surface area contributed by atoms with Gasteiger partial charge >= 0.3 is 0 Å². The minimum atomic E-state index is 0.188. The fourth-order valence-corrected chi connectivity index (χ4v) is 2.71. The van der Waals surface area contributed by atoms with Gasteiger partial charge in [0.05, 0.1) is 5.69 Å². The monoisotopic (exact) mass is 272 g/mol. The second kappa shape index (κ2) is 6.15. The Balaban J connectivity index is 1.50. The van der Waals surface area contributed by atoms with Crippen LogP contribution in [0.5, 0.6) is 0 Å². The van der Waals surface area contributed by atoms with Gasteiger partial charge in [0.1, 0.15) is 0 Å². The third kappa shape index (κ3) is 3.05. The van der Waals surface area contributed by atoms with Gasteiger partial charge in [0, 0.05) is 31.9 Å². The Morgan fingerprint density at radius 2 is 2.00 bits per heavy atom. The first-order valence-electron chi connectivity index (χ1n) is 7.15. The second-order valence-electron chi connectivity index (χ2n) is 5.30. The van der Waals surface area contributed by atoms with Crippen LogP contribution >= 0.6 is 0 Å². The maximum absolute atomic E-state index is 8.79. The zero-order chi connectivity index (χ0) is 13.8. The van der Waals surface area contributed by atoms with Crippen molar-refractivity contribution in [3.63, 3.8) is 0 Å². The van der Waals surface area contributed by atoms with Crippen LogP contribution in [0.25, 0.3) is 0 Å². The fraction of sp³-hybridized carbons (Fsp3) is 0.467. The van der Waals surface area contributed by atoms with Gasteiger partial charge in [-0.2, -0.15) is 0 Å². The second-order valence-corrected chi connectivity index (χ2v) is 5.30. The van der Waals surface area contributed by atoms with Gasteiger partial charge in [-0.1, -0.05) is 29.5 Å². The third-order valence-electron chi connectivity index (χ3n) is 3.75. The third-order valence-corrected chi connectivity index (χ3v) is 3.75. The highest BCUT2D eigenvalue weighted by molar-refractivity contribution is 5.33. The maximum Gasteiger partial charge on any atom is 0.0964 e. The van der Waals surface area contributed by atoms with Crippen LogP contribution in [0, 0.1) is 0 Å². The zero-order valence-corrected chi connectivity index (χ0v) is 11.5. The Morgan fingerprint density at radius 3 is 2.70 bits per heavy atom. The van der Waals surface area contributed by atoms with Gasteiger partial charge < -0.3 is 10.4 Å². The first kappa shape index (κ1) is 13.3. The molecule has 3 rings (SSSR count). The highest BCUT2D eigenvalue weighted by Gasteiger charge is 2.20. The number of benzene rings is 1. The van der Waals surface area contributed by atoms with E-state index in [9.17, 15) is 0 Å². The summed E-state index contributed by atoms with van der Waals surface area (Å²) in [6, 6.07) is 9.13. The van der Waals surface area contributed by atoms with Gasteiger partial charge in [-0.05, 0) is 30.4 Å². The van der Waals surface area contributed by atoms with E-state index in [0.29, 0.717) is 12.5 Å². The Morgan fingerprint density at radius 1 is 1.25 bits per heavy atom. The molecule has 1 aromatic heterocycles.